The third-order valence-corrected chi connectivity index (χ3v) is 6.25. The van der Waals surface area contributed by atoms with E-state index < -0.39 is 0 Å². The number of aromatic nitrogens is 2. The Labute approximate surface area is 213 Å². The van der Waals surface area contributed by atoms with Crippen LogP contribution in [0.15, 0.2) is 36.9 Å². The molecule has 196 valence electrons. The number of hydrogen-bond acceptors (Lipinski definition) is 7. The summed E-state index contributed by atoms with van der Waals surface area (Å²) < 4.78 is 12.0. The number of likely N-dealkylation sites (N-methyl/N-ethyl adjacent to an activating group) is 1. The van der Waals surface area contributed by atoms with Crippen LogP contribution in [0, 0.1) is 5.92 Å². The first-order valence-corrected chi connectivity index (χ1v) is 12.3. The Bertz CT molecular complexity index is 1020. The maximum absolute atomic E-state index is 13.4. The lowest BCUT2D eigenvalue weighted by atomic mass is 10.0. The number of urea groups is 1. The van der Waals surface area contributed by atoms with Crippen molar-refractivity contribution in [2.24, 2.45) is 5.92 Å². The molecule has 1 aromatic heterocycles. The number of nitrogens with zero attached hydrogens (tertiary/aromatic N) is 4. The SMILES string of the molecule is CO[C@@H]1CN(C)C(=O)c2ccc(NC(=O)NC(C)C)cc2OC[C@@H](C)N(Cc2cncnc2)C[C@@H]1C. The number of rotatable bonds is 5. The molecule has 0 bridgehead atoms. The molecule has 2 aromatic rings. The van der Waals surface area contributed by atoms with Gasteiger partial charge in [-0.1, -0.05) is 6.92 Å². The van der Waals surface area contributed by atoms with Crippen molar-refractivity contribution in [1.82, 2.24) is 25.1 Å². The summed E-state index contributed by atoms with van der Waals surface area (Å²) in [5.41, 5.74) is 1.99. The van der Waals surface area contributed by atoms with Crippen molar-refractivity contribution < 1.29 is 19.1 Å². The molecule has 0 spiro atoms. The first kappa shape index (κ1) is 27.3. The highest BCUT2D eigenvalue weighted by Crippen LogP contribution is 2.27. The molecule has 0 saturated heterocycles. The van der Waals surface area contributed by atoms with E-state index in [9.17, 15) is 9.59 Å². The molecule has 1 aromatic carbocycles. The molecule has 1 aliphatic rings. The molecule has 0 aliphatic carbocycles. The second kappa shape index (κ2) is 12.6. The van der Waals surface area contributed by atoms with Crippen molar-refractivity contribution in [2.45, 2.75) is 52.4 Å². The van der Waals surface area contributed by atoms with Crippen LogP contribution in [0.5, 0.6) is 5.75 Å². The van der Waals surface area contributed by atoms with Gasteiger partial charge in [0, 0.05) is 75.6 Å². The van der Waals surface area contributed by atoms with E-state index in [0.29, 0.717) is 36.7 Å². The third kappa shape index (κ3) is 7.38. The molecule has 0 unspecified atom stereocenters. The number of anilines is 1. The lowest BCUT2D eigenvalue weighted by molar-refractivity contribution is 0.00918. The van der Waals surface area contributed by atoms with E-state index in [0.717, 1.165) is 12.1 Å². The minimum Gasteiger partial charge on any atom is -0.491 e. The van der Waals surface area contributed by atoms with Gasteiger partial charge < -0.3 is 25.0 Å². The highest BCUT2D eigenvalue weighted by Gasteiger charge is 2.28. The summed E-state index contributed by atoms with van der Waals surface area (Å²) in [6, 6.07) is 4.81. The molecule has 10 nitrogen and oxygen atoms in total. The quantitative estimate of drug-likeness (QED) is 0.652. The molecular formula is C26H38N6O4. The maximum Gasteiger partial charge on any atom is 0.319 e. The zero-order chi connectivity index (χ0) is 26.2. The van der Waals surface area contributed by atoms with E-state index in [1.165, 1.54) is 6.33 Å². The van der Waals surface area contributed by atoms with E-state index in [2.05, 4.69) is 39.3 Å². The summed E-state index contributed by atoms with van der Waals surface area (Å²) in [5.74, 6) is 0.415. The van der Waals surface area contributed by atoms with Gasteiger partial charge in [0.15, 0.2) is 0 Å². The number of nitrogens with one attached hydrogen (secondary N) is 2. The lowest BCUT2D eigenvalue weighted by Gasteiger charge is -2.36. The first-order valence-electron chi connectivity index (χ1n) is 12.3. The fourth-order valence-corrected chi connectivity index (χ4v) is 4.22. The minimum atomic E-state index is -0.317. The molecule has 2 N–H and O–H groups in total. The van der Waals surface area contributed by atoms with E-state index >= 15 is 0 Å². The Morgan fingerprint density at radius 2 is 1.94 bits per heavy atom. The number of methoxy groups -OCH3 is 1. The zero-order valence-electron chi connectivity index (χ0n) is 22.0. The summed E-state index contributed by atoms with van der Waals surface area (Å²) in [4.78, 5) is 37.8. The maximum atomic E-state index is 13.4. The van der Waals surface area contributed by atoms with E-state index in [4.69, 9.17) is 9.47 Å². The van der Waals surface area contributed by atoms with Gasteiger partial charge in [0.1, 0.15) is 18.7 Å². The second-order valence-corrected chi connectivity index (χ2v) is 9.74. The summed E-state index contributed by atoms with van der Waals surface area (Å²) in [6.45, 7) is 10.2. The van der Waals surface area contributed by atoms with E-state index in [1.807, 2.05) is 26.2 Å². The first-order chi connectivity index (χ1) is 17.2. The van der Waals surface area contributed by atoms with Gasteiger partial charge in [-0.3, -0.25) is 9.69 Å². The van der Waals surface area contributed by atoms with Gasteiger partial charge in [0.2, 0.25) is 0 Å². The predicted molar refractivity (Wildman–Crippen MR) is 138 cm³/mol. The van der Waals surface area contributed by atoms with E-state index in [1.54, 1.807) is 37.3 Å². The fourth-order valence-electron chi connectivity index (χ4n) is 4.22. The van der Waals surface area contributed by atoms with Crippen molar-refractivity contribution in [2.75, 3.05) is 39.2 Å². The van der Waals surface area contributed by atoms with Crippen LogP contribution in [0.3, 0.4) is 0 Å². The molecule has 3 atom stereocenters. The average Bonchev–Trinajstić information content (AvgIpc) is 2.84. The third-order valence-electron chi connectivity index (χ3n) is 6.25. The Balaban J connectivity index is 1.91. The van der Waals surface area contributed by atoms with Gasteiger partial charge in [-0.15, -0.1) is 0 Å². The summed E-state index contributed by atoms with van der Waals surface area (Å²) in [6.07, 6.45) is 5.01. The van der Waals surface area contributed by atoms with Crippen LogP contribution in [0.4, 0.5) is 10.5 Å². The average molecular weight is 499 g/mol. The van der Waals surface area contributed by atoms with Gasteiger partial charge >= 0.3 is 6.03 Å². The van der Waals surface area contributed by atoms with Crippen molar-refractivity contribution >= 4 is 17.6 Å². The van der Waals surface area contributed by atoms with Crippen LogP contribution in [-0.4, -0.2) is 83.7 Å². The molecular weight excluding hydrogens is 460 g/mol. The molecule has 36 heavy (non-hydrogen) atoms. The van der Waals surface area contributed by atoms with E-state index in [-0.39, 0.29) is 36.0 Å². The largest absolute Gasteiger partial charge is 0.491 e. The zero-order valence-corrected chi connectivity index (χ0v) is 22.0. The highest BCUT2D eigenvalue weighted by atomic mass is 16.5. The molecule has 3 rings (SSSR count). The van der Waals surface area contributed by atoms with Crippen LogP contribution in [0.1, 0.15) is 43.6 Å². The predicted octanol–water partition coefficient (Wildman–Crippen LogP) is 3.01. The number of carbonyl (C=O) groups excluding carboxylic acids is 2. The monoisotopic (exact) mass is 498 g/mol. The molecule has 0 saturated carbocycles. The van der Waals surface area contributed by atoms with Crippen molar-refractivity contribution in [3.63, 3.8) is 0 Å². The number of ether oxygens (including phenoxy) is 2. The Morgan fingerprint density at radius 1 is 1.22 bits per heavy atom. The van der Waals surface area contributed by atoms with Crippen molar-refractivity contribution in [3.05, 3.63) is 48.0 Å². The fraction of sp³-hybridized carbons (Fsp3) is 0.538. The van der Waals surface area contributed by atoms with Crippen molar-refractivity contribution in [3.8, 4) is 5.75 Å². The van der Waals surface area contributed by atoms with Crippen LogP contribution < -0.4 is 15.4 Å². The number of benzene rings is 1. The Morgan fingerprint density at radius 3 is 2.61 bits per heavy atom. The second-order valence-electron chi connectivity index (χ2n) is 9.74. The lowest BCUT2D eigenvalue weighted by Crippen LogP contribution is -2.46. The summed E-state index contributed by atoms with van der Waals surface area (Å²) >= 11 is 0. The summed E-state index contributed by atoms with van der Waals surface area (Å²) in [7, 11) is 3.45. The molecule has 0 fully saturated rings. The van der Waals surface area contributed by atoms with Crippen LogP contribution in [0.25, 0.3) is 0 Å². The van der Waals surface area contributed by atoms with Crippen molar-refractivity contribution in [1.29, 1.82) is 0 Å². The Hall–Kier alpha value is -3.24. The van der Waals surface area contributed by atoms with Crippen LogP contribution in [-0.2, 0) is 11.3 Å². The number of fused-ring (bicyclic) bond motifs is 1. The highest BCUT2D eigenvalue weighted by molar-refractivity contribution is 5.98. The minimum absolute atomic E-state index is 0.00117. The van der Waals surface area contributed by atoms with Gasteiger partial charge in [0.05, 0.1) is 11.7 Å². The molecule has 3 amide bonds. The molecule has 1 aliphatic heterocycles. The van der Waals surface area contributed by atoms with Gasteiger partial charge in [-0.25, -0.2) is 14.8 Å². The van der Waals surface area contributed by atoms with Gasteiger partial charge in [-0.05, 0) is 38.8 Å². The summed E-state index contributed by atoms with van der Waals surface area (Å²) in [5, 5.41) is 5.61. The molecule has 10 heteroatoms. The van der Waals surface area contributed by atoms with Gasteiger partial charge in [-0.2, -0.15) is 0 Å². The topological polar surface area (TPSA) is 109 Å². The van der Waals surface area contributed by atoms with Gasteiger partial charge in [0.25, 0.3) is 5.91 Å². The number of amides is 3. The number of hydrogen-bond donors (Lipinski definition) is 2. The normalized spacial score (nSPS) is 21.7. The number of carbonyl (C=O) groups is 2. The molecule has 0 radical (unpaired) electrons. The molecule has 2 heterocycles. The smallest absolute Gasteiger partial charge is 0.319 e. The van der Waals surface area contributed by atoms with Crippen LogP contribution in [0.2, 0.25) is 0 Å². The van der Waals surface area contributed by atoms with Crippen LogP contribution >= 0.6 is 0 Å². The Kier molecular flexibility index (Phi) is 9.60. The standard InChI is InChI=1S/C26H38N6O4/c1-17(2)29-26(34)30-21-7-8-22-23(9-21)36-15-19(4)32(13-20-10-27-16-28-11-20)12-18(3)24(35-6)14-31(5)25(22)33/h7-11,16-19,24H,12-15H2,1-6H3,(H2,29,30,34)/t18-,19+,24+/m0/s1.